The zero-order chi connectivity index (χ0) is 13.3. The first-order valence-electron chi connectivity index (χ1n) is 6.74. The number of aromatic nitrogens is 2. The number of benzene rings is 1. The van der Waals surface area contributed by atoms with Crippen molar-refractivity contribution >= 4 is 0 Å². The van der Waals surface area contributed by atoms with Crippen LogP contribution in [0.1, 0.15) is 29.8 Å². The van der Waals surface area contributed by atoms with E-state index >= 15 is 0 Å². The summed E-state index contributed by atoms with van der Waals surface area (Å²) in [6.07, 6.45) is 6.78. The summed E-state index contributed by atoms with van der Waals surface area (Å²) in [6, 6.07) is 10.3. The summed E-state index contributed by atoms with van der Waals surface area (Å²) in [5, 5.41) is 0. The van der Waals surface area contributed by atoms with Crippen LogP contribution in [0.5, 0.6) is 0 Å². The van der Waals surface area contributed by atoms with E-state index in [0.29, 0.717) is 6.61 Å². The minimum atomic E-state index is 0.696. The summed E-state index contributed by atoms with van der Waals surface area (Å²) in [5.74, 6) is 0.925. The number of rotatable bonds is 7. The van der Waals surface area contributed by atoms with Crippen LogP contribution in [0.25, 0.3) is 0 Å². The van der Waals surface area contributed by atoms with Crippen molar-refractivity contribution in [1.82, 2.24) is 9.97 Å². The van der Waals surface area contributed by atoms with Crippen LogP contribution in [0.15, 0.2) is 42.7 Å². The fraction of sp³-hybridized carbons (Fsp3) is 0.375. The van der Waals surface area contributed by atoms with E-state index in [1.165, 1.54) is 5.56 Å². The minimum Gasteiger partial charge on any atom is -0.377 e. The molecule has 1 heterocycles. The van der Waals surface area contributed by atoms with Crippen LogP contribution in [-0.2, 0) is 17.8 Å². The number of hydrogen-bond donors (Lipinski definition) is 0. The van der Waals surface area contributed by atoms with E-state index in [-0.39, 0.29) is 0 Å². The van der Waals surface area contributed by atoms with Gasteiger partial charge in [-0.25, -0.2) is 9.97 Å². The Morgan fingerprint density at radius 1 is 1.00 bits per heavy atom. The molecule has 2 aromatic rings. The maximum atomic E-state index is 5.64. The average molecular weight is 256 g/mol. The Balaban J connectivity index is 1.56. The molecule has 1 aromatic carbocycles. The van der Waals surface area contributed by atoms with Crippen LogP contribution < -0.4 is 0 Å². The Hall–Kier alpha value is -1.74. The van der Waals surface area contributed by atoms with Gasteiger partial charge in [-0.3, -0.25) is 0 Å². The van der Waals surface area contributed by atoms with E-state index in [1.54, 1.807) is 0 Å². The number of aryl methyl sites for hydroxylation is 2. The smallest absolute Gasteiger partial charge is 0.128 e. The molecule has 3 heteroatoms. The lowest BCUT2D eigenvalue weighted by atomic mass is 10.2. The number of ether oxygens (including phenoxy) is 1. The summed E-state index contributed by atoms with van der Waals surface area (Å²) < 4.78 is 5.64. The largest absolute Gasteiger partial charge is 0.377 e. The van der Waals surface area contributed by atoms with Gasteiger partial charge in [-0.2, -0.15) is 0 Å². The maximum absolute atomic E-state index is 5.64. The second kappa shape index (κ2) is 7.64. The van der Waals surface area contributed by atoms with E-state index in [2.05, 4.69) is 22.1 Å². The van der Waals surface area contributed by atoms with Crippen LogP contribution in [-0.4, -0.2) is 16.6 Å². The molecule has 0 saturated heterocycles. The fourth-order valence-corrected chi connectivity index (χ4v) is 1.80. The van der Waals surface area contributed by atoms with Gasteiger partial charge < -0.3 is 4.74 Å². The van der Waals surface area contributed by atoms with Gasteiger partial charge in [0.1, 0.15) is 5.82 Å². The third-order valence-corrected chi connectivity index (χ3v) is 2.89. The molecule has 2 rings (SSSR count). The molecule has 0 aliphatic rings. The lowest BCUT2D eigenvalue weighted by molar-refractivity contribution is 0.117. The van der Waals surface area contributed by atoms with Crippen molar-refractivity contribution in [1.29, 1.82) is 0 Å². The van der Waals surface area contributed by atoms with Crippen molar-refractivity contribution in [3.8, 4) is 0 Å². The Bertz CT molecular complexity index is 468. The molecule has 0 amide bonds. The van der Waals surface area contributed by atoms with Gasteiger partial charge >= 0.3 is 0 Å². The normalized spacial score (nSPS) is 10.6. The van der Waals surface area contributed by atoms with Crippen molar-refractivity contribution < 1.29 is 4.74 Å². The van der Waals surface area contributed by atoms with Gasteiger partial charge in [0.2, 0.25) is 0 Å². The summed E-state index contributed by atoms with van der Waals surface area (Å²) >= 11 is 0. The Kier molecular flexibility index (Phi) is 5.50. The molecule has 0 atom stereocenters. The zero-order valence-corrected chi connectivity index (χ0v) is 11.4. The second-order valence-electron chi connectivity index (χ2n) is 4.67. The summed E-state index contributed by atoms with van der Waals surface area (Å²) in [7, 11) is 0. The first-order chi connectivity index (χ1) is 9.34. The number of hydrogen-bond acceptors (Lipinski definition) is 3. The van der Waals surface area contributed by atoms with Gasteiger partial charge in [0, 0.05) is 25.4 Å². The highest BCUT2D eigenvalue weighted by atomic mass is 16.5. The van der Waals surface area contributed by atoms with E-state index in [9.17, 15) is 0 Å². The Morgan fingerprint density at radius 2 is 1.74 bits per heavy atom. The highest BCUT2D eigenvalue weighted by Gasteiger charge is 1.97. The van der Waals surface area contributed by atoms with Gasteiger partial charge in [-0.1, -0.05) is 30.3 Å². The predicted octanol–water partition coefficient (Wildman–Crippen LogP) is 3.32. The maximum Gasteiger partial charge on any atom is 0.128 e. The molecule has 0 spiro atoms. The summed E-state index contributed by atoms with van der Waals surface area (Å²) in [5.41, 5.74) is 2.33. The Morgan fingerprint density at radius 3 is 2.47 bits per heavy atom. The van der Waals surface area contributed by atoms with Crippen LogP contribution in [0.3, 0.4) is 0 Å². The quantitative estimate of drug-likeness (QED) is 0.713. The first kappa shape index (κ1) is 13.7. The highest BCUT2D eigenvalue weighted by molar-refractivity contribution is 5.13. The fourth-order valence-electron chi connectivity index (χ4n) is 1.80. The van der Waals surface area contributed by atoms with Gasteiger partial charge in [-0.05, 0) is 30.9 Å². The second-order valence-corrected chi connectivity index (χ2v) is 4.67. The molecule has 3 nitrogen and oxygen atoms in total. The van der Waals surface area contributed by atoms with Crippen LogP contribution in [0.2, 0.25) is 0 Å². The SMILES string of the molecule is Cc1cnc(CCCCOCc2ccccc2)nc1. The van der Waals surface area contributed by atoms with Gasteiger partial charge in [0.25, 0.3) is 0 Å². The summed E-state index contributed by atoms with van der Waals surface area (Å²) in [6.45, 7) is 3.49. The van der Waals surface area contributed by atoms with Crippen LogP contribution >= 0.6 is 0 Å². The number of unbranched alkanes of at least 4 members (excludes halogenated alkanes) is 1. The molecule has 0 N–H and O–H groups in total. The van der Waals surface area contributed by atoms with Crippen LogP contribution in [0.4, 0.5) is 0 Å². The van der Waals surface area contributed by atoms with E-state index in [4.69, 9.17) is 4.74 Å². The molecule has 0 bridgehead atoms. The van der Waals surface area contributed by atoms with Gasteiger partial charge in [0.15, 0.2) is 0 Å². The summed E-state index contributed by atoms with van der Waals surface area (Å²) in [4.78, 5) is 8.58. The molecule has 19 heavy (non-hydrogen) atoms. The topological polar surface area (TPSA) is 35.0 Å². The predicted molar refractivity (Wildman–Crippen MR) is 75.8 cm³/mol. The highest BCUT2D eigenvalue weighted by Crippen LogP contribution is 2.03. The van der Waals surface area contributed by atoms with E-state index < -0.39 is 0 Å². The molecule has 100 valence electrons. The minimum absolute atomic E-state index is 0.696. The molecule has 0 aliphatic heterocycles. The average Bonchev–Trinajstić information content (AvgIpc) is 2.46. The third kappa shape index (κ3) is 5.18. The van der Waals surface area contributed by atoms with Crippen molar-refractivity contribution in [3.63, 3.8) is 0 Å². The number of nitrogens with zero attached hydrogens (tertiary/aromatic N) is 2. The molecule has 0 unspecified atom stereocenters. The monoisotopic (exact) mass is 256 g/mol. The molecule has 1 aromatic heterocycles. The van der Waals surface area contributed by atoms with Crippen molar-refractivity contribution in [3.05, 3.63) is 59.7 Å². The van der Waals surface area contributed by atoms with Crippen molar-refractivity contribution in [2.24, 2.45) is 0 Å². The van der Waals surface area contributed by atoms with Crippen LogP contribution in [0, 0.1) is 6.92 Å². The van der Waals surface area contributed by atoms with Gasteiger partial charge in [0.05, 0.1) is 6.61 Å². The molecular formula is C16H20N2O. The lowest BCUT2D eigenvalue weighted by Crippen LogP contribution is -1.99. The molecule has 0 fully saturated rings. The van der Waals surface area contributed by atoms with E-state index in [0.717, 1.165) is 37.3 Å². The third-order valence-electron chi connectivity index (χ3n) is 2.89. The molecule has 0 aliphatic carbocycles. The van der Waals surface area contributed by atoms with E-state index in [1.807, 2.05) is 37.5 Å². The standard InChI is InChI=1S/C16H20N2O/c1-14-11-17-16(18-12-14)9-5-6-10-19-13-15-7-3-2-4-8-15/h2-4,7-8,11-12H,5-6,9-10,13H2,1H3. The molecular weight excluding hydrogens is 236 g/mol. The zero-order valence-electron chi connectivity index (χ0n) is 11.4. The molecule has 0 radical (unpaired) electrons. The van der Waals surface area contributed by atoms with Crippen molar-refractivity contribution in [2.75, 3.05) is 6.61 Å². The Labute approximate surface area is 114 Å². The van der Waals surface area contributed by atoms with Gasteiger partial charge in [-0.15, -0.1) is 0 Å². The van der Waals surface area contributed by atoms with Crippen molar-refractivity contribution in [2.45, 2.75) is 32.8 Å². The lowest BCUT2D eigenvalue weighted by Gasteiger charge is -2.04. The first-order valence-corrected chi connectivity index (χ1v) is 6.74. The molecule has 0 saturated carbocycles.